The summed E-state index contributed by atoms with van der Waals surface area (Å²) in [6, 6.07) is 12.3. The van der Waals surface area contributed by atoms with Crippen LogP contribution in [-0.4, -0.2) is 30.1 Å². The highest BCUT2D eigenvalue weighted by molar-refractivity contribution is 9.10. The van der Waals surface area contributed by atoms with Gasteiger partial charge in [-0.1, -0.05) is 54.2 Å². The van der Waals surface area contributed by atoms with E-state index in [1.54, 1.807) is 36.4 Å². The molecule has 2 rings (SSSR count). The lowest BCUT2D eigenvalue weighted by molar-refractivity contribution is 0.0953. The number of ether oxygens (including phenoxy) is 1. The molecule has 0 radical (unpaired) electrons. The van der Waals surface area contributed by atoms with Crippen LogP contribution in [0.25, 0.3) is 0 Å². The second kappa shape index (κ2) is 13.1. The molecule has 0 saturated carbocycles. The Hall–Kier alpha value is -2.45. The molecule has 0 fully saturated rings. The Morgan fingerprint density at radius 3 is 2.52 bits per heavy atom. The highest BCUT2D eigenvalue weighted by Crippen LogP contribution is 2.24. The first-order chi connectivity index (χ1) is 15.0. The summed E-state index contributed by atoms with van der Waals surface area (Å²) in [5.74, 6) is -0.106. The number of carbonyl (C=O) groups is 2. The third kappa shape index (κ3) is 7.95. The lowest BCUT2D eigenvalue weighted by Crippen LogP contribution is -2.35. The summed E-state index contributed by atoms with van der Waals surface area (Å²) in [6.07, 6.45) is 4.34. The largest absolute Gasteiger partial charge is 0.493 e. The van der Waals surface area contributed by atoms with E-state index in [2.05, 4.69) is 38.8 Å². The van der Waals surface area contributed by atoms with E-state index < -0.39 is 5.91 Å². The molecule has 3 N–H and O–H groups in total. The zero-order valence-electron chi connectivity index (χ0n) is 17.8. The number of carbonyl (C=O) groups excluding carboxylic acids is 2. The fraction of sp³-hybridized carbons (Fsp3) is 0.348. The molecule has 0 aliphatic heterocycles. The molecule has 0 unspecified atom stereocenters. The topological polar surface area (TPSA) is 79.5 Å². The molecule has 2 amide bonds. The number of benzene rings is 2. The molecule has 0 aromatic heterocycles. The van der Waals surface area contributed by atoms with Gasteiger partial charge in [-0.05, 0) is 55.9 Å². The molecule has 6 nitrogen and oxygen atoms in total. The average Bonchev–Trinajstić information content (AvgIpc) is 2.74. The Morgan fingerprint density at radius 1 is 1.00 bits per heavy atom. The third-order valence-electron chi connectivity index (χ3n) is 4.43. The maximum absolute atomic E-state index is 12.9. The van der Waals surface area contributed by atoms with Gasteiger partial charge in [-0.15, -0.1) is 0 Å². The van der Waals surface area contributed by atoms with Crippen molar-refractivity contribution in [2.75, 3.05) is 18.5 Å². The van der Waals surface area contributed by atoms with Crippen molar-refractivity contribution in [1.29, 1.82) is 0 Å². The van der Waals surface area contributed by atoms with Crippen LogP contribution in [0.2, 0.25) is 0 Å². The molecule has 0 aliphatic rings. The molecule has 2 aromatic rings. The number of thiocarbonyl (C=S) groups is 1. The first kappa shape index (κ1) is 24.8. The molecule has 0 bridgehead atoms. The van der Waals surface area contributed by atoms with Crippen LogP contribution < -0.4 is 20.7 Å². The van der Waals surface area contributed by atoms with Gasteiger partial charge in [-0.3, -0.25) is 14.9 Å². The molecule has 8 heteroatoms. The van der Waals surface area contributed by atoms with Crippen molar-refractivity contribution in [3.63, 3.8) is 0 Å². The van der Waals surface area contributed by atoms with Crippen molar-refractivity contribution in [2.45, 2.75) is 39.5 Å². The van der Waals surface area contributed by atoms with Crippen molar-refractivity contribution in [2.24, 2.45) is 0 Å². The highest BCUT2D eigenvalue weighted by atomic mass is 79.9. The third-order valence-corrected chi connectivity index (χ3v) is 5.12. The van der Waals surface area contributed by atoms with Gasteiger partial charge in [-0.2, -0.15) is 0 Å². The molecule has 0 aliphatic carbocycles. The van der Waals surface area contributed by atoms with E-state index in [1.165, 1.54) is 0 Å². The quantitative estimate of drug-likeness (QED) is 0.302. The van der Waals surface area contributed by atoms with Gasteiger partial charge in [0.2, 0.25) is 0 Å². The SMILES string of the molecule is CCCCCCOc1ccc(Br)cc1C(=O)NC(=S)Nc1ccccc1C(=O)NCC. The van der Waals surface area contributed by atoms with Gasteiger partial charge in [0.05, 0.1) is 23.4 Å². The minimum absolute atomic E-state index is 0.0932. The summed E-state index contributed by atoms with van der Waals surface area (Å²) in [5.41, 5.74) is 1.34. The fourth-order valence-electron chi connectivity index (χ4n) is 2.89. The number of unbranched alkanes of at least 4 members (excludes halogenated alkanes) is 3. The van der Waals surface area contributed by atoms with Crippen molar-refractivity contribution < 1.29 is 14.3 Å². The lowest BCUT2D eigenvalue weighted by atomic mass is 10.1. The van der Waals surface area contributed by atoms with Crippen molar-refractivity contribution in [3.8, 4) is 5.75 Å². The van der Waals surface area contributed by atoms with E-state index in [1.807, 2.05) is 13.0 Å². The second-order valence-electron chi connectivity index (χ2n) is 6.86. The monoisotopic (exact) mass is 505 g/mol. The van der Waals surface area contributed by atoms with Gasteiger partial charge in [0, 0.05) is 11.0 Å². The van der Waals surface area contributed by atoms with E-state index in [9.17, 15) is 9.59 Å². The Kier molecular flexibility index (Phi) is 10.5. The van der Waals surface area contributed by atoms with Crippen LogP contribution in [0.3, 0.4) is 0 Å². The molecule has 2 aromatic carbocycles. The zero-order chi connectivity index (χ0) is 22.6. The number of rotatable bonds is 10. The van der Waals surface area contributed by atoms with Crippen LogP contribution in [-0.2, 0) is 0 Å². The minimum Gasteiger partial charge on any atom is -0.493 e. The van der Waals surface area contributed by atoms with Crippen molar-refractivity contribution >= 4 is 50.8 Å². The summed E-state index contributed by atoms with van der Waals surface area (Å²) >= 11 is 8.71. The zero-order valence-corrected chi connectivity index (χ0v) is 20.2. The molecule has 166 valence electrons. The summed E-state index contributed by atoms with van der Waals surface area (Å²) in [5, 5.41) is 8.46. The van der Waals surface area contributed by atoms with Gasteiger partial charge >= 0.3 is 0 Å². The van der Waals surface area contributed by atoms with E-state index in [0.29, 0.717) is 35.7 Å². The van der Waals surface area contributed by atoms with Gasteiger partial charge in [0.1, 0.15) is 5.75 Å². The van der Waals surface area contributed by atoms with Crippen LogP contribution in [0.5, 0.6) is 5.75 Å². The minimum atomic E-state index is -0.391. The molecule has 0 heterocycles. The maximum atomic E-state index is 12.9. The highest BCUT2D eigenvalue weighted by Gasteiger charge is 2.16. The van der Waals surface area contributed by atoms with E-state index in [-0.39, 0.29) is 11.0 Å². The van der Waals surface area contributed by atoms with Crippen molar-refractivity contribution in [3.05, 3.63) is 58.1 Å². The standard InChI is InChI=1S/C23H28BrN3O3S/c1-3-5-6-9-14-30-20-13-12-16(24)15-18(20)22(29)27-23(31)26-19-11-8-7-10-17(19)21(28)25-4-2/h7-8,10-13,15H,3-6,9,14H2,1-2H3,(H,25,28)(H2,26,27,29,31). The summed E-state index contributed by atoms with van der Waals surface area (Å²) in [6.45, 7) is 5.06. The predicted molar refractivity (Wildman–Crippen MR) is 132 cm³/mol. The Bertz CT molecular complexity index is 921. The Morgan fingerprint density at radius 2 is 1.77 bits per heavy atom. The van der Waals surface area contributed by atoms with Crippen molar-refractivity contribution in [1.82, 2.24) is 10.6 Å². The van der Waals surface area contributed by atoms with Crippen LogP contribution >= 0.6 is 28.1 Å². The number of anilines is 1. The fourth-order valence-corrected chi connectivity index (χ4v) is 3.45. The predicted octanol–water partition coefficient (Wildman–Crippen LogP) is 5.28. The second-order valence-corrected chi connectivity index (χ2v) is 8.19. The number of amides is 2. The van der Waals surface area contributed by atoms with Gasteiger partial charge in [-0.25, -0.2) is 0 Å². The summed E-state index contributed by atoms with van der Waals surface area (Å²) in [7, 11) is 0. The Labute approximate surface area is 197 Å². The number of hydrogen-bond acceptors (Lipinski definition) is 4. The van der Waals surface area contributed by atoms with Crippen LogP contribution in [0.1, 0.15) is 60.2 Å². The van der Waals surface area contributed by atoms with Crippen LogP contribution in [0, 0.1) is 0 Å². The molecular weight excluding hydrogens is 478 g/mol. The van der Waals surface area contributed by atoms with E-state index >= 15 is 0 Å². The molecule has 0 atom stereocenters. The normalized spacial score (nSPS) is 10.3. The van der Waals surface area contributed by atoms with E-state index in [4.69, 9.17) is 17.0 Å². The smallest absolute Gasteiger partial charge is 0.261 e. The number of nitrogens with one attached hydrogen (secondary N) is 3. The van der Waals surface area contributed by atoms with Crippen LogP contribution in [0.15, 0.2) is 46.9 Å². The number of para-hydroxylation sites is 1. The first-order valence-electron chi connectivity index (χ1n) is 10.4. The lowest BCUT2D eigenvalue weighted by Gasteiger charge is -2.15. The van der Waals surface area contributed by atoms with E-state index in [0.717, 1.165) is 30.2 Å². The molecule has 31 heavy (non-hydrogen) atoms. The van der Waals surface area contributed by atoms with Crippen LogP contribution in [0.4, 0.5) is 5.69 Å². The summed E-state index contributed by atoms with van der Waals surface area (Å²) < 4.78 is 6.60. The molecule has 0 saturated heterocycles. The number of hydrogen-bond donors (Lipinski definition) is 3. The molecule has 0 spiro atoms. The maximum Gasteiger partial charge on any atom is 0.261 e. The van der Waals surface area contributed by atoms with Gasteiger partial charge in [0.15, 0.2) is 5.11 Å². The number of halogens is 1. The molecular formula is C23H28BrN3O3S. The van der Waals surface area contributed by atoms with Gasteiger partial charge in [0.25, 0.3) is 11.8 Å². The Balaban J connectivity index is 2.06. The van der Waals surface area contributed by atoms with Gasteiger partial charge < -0.3 is 15.4 Å². The first-order valence-corrected chi connectivity index (χ1v) is 11.6. The summed E-state index contributed by atoms with van der Waals surface area (Å²) in [4.78, 5) is 25.1. The average molecular weight is 506 g/mol.